The lowest BCUT2D eigenvalue weighted by Gasteiger charge is -2.23. The molecule has 1 N–H and O–H groups in total. The number of halogens is 2. The Balaban J connectivity index is 2.08. The molecule has 1 fully saturated rings. The van der Waals surface area contributed by atoms with Gasteiger partial charge in [0.15, 0.2) is 0 Å². The molecule has 1 saturated carbocycles. The van der Waals surface area contributed by atoms with Crippen molar-refractivity contribution < 1.29 is 9.59 Å². The van der Waals surface area contributed by atoms with Gasteiger partial charge < -0.3 is 10.2 Å². The van der Waals surface area contributed by atoms with Gasteiger partial charge >= 0.3 is 0 Å². The quantitative estimate of drug-likeness (QED) is 0.795. The van der Waals surface area contributed by atoms with Crippen LogP contribution in [0.5, 0.6) is 0 Å². The van der Waals surface area contributed by atoms with Gasteiger partial charge in [-0.05, 0) is 37.5 Å². The Bertz CT molecular complexity index is 586. The number of rotatable bonds is 6. The highest BCUT2D eigenvalue weighted by molar-refractivity contribution is 6.36. The van der Waals surface area contributed by atoms with Crippen LogP contribution in [0, 0.1) is 5.41 Å². The first kappa shape index (κ1) is 17.1. The lowest BCUT2D eigenvalue weighted by molar-refractivity contribution is -0.141. The van der Waals surface area contributed by atoms with Gasteiger partial charge in [-0.25, -0.2) is 0 Å². The van der Waals surface area contributed by atoms with E-state index in [1.807, 2.05) is 0 Å². The molecule has 1 aliphatic carbocycles. The second kappa shape index (κ2) is 6.88. The average Bonchev–Trinajstić information content (AvgIpc) is 3.29. The summed E-state index contributed by atoms with van der Waals surface area (Å²) in [5.41, 5.74) is -0.497. The molecular weight excluding hydrogens is 323 g/mol. The number of carbonyl (C=O) groups excluding carboxylic acids is 2. The van der Waals surface area contributed by atoms with Crippen LogP contribution in [0.3, 0.4) is 0 Å². The maximum atomic E-state index is 12.5. The number of benzene rings is 1. The molecule has 1 aromatic carbocycles. The number of anilines is 1. The number of amides is 2. The maximum Gasteiger partial charge on any atom is 0.240 e. The fourth-order valence-corrected chi connectivity index (χ4v) is 2.70. The zero-order valence-corrected chi connectivity index (χ0v) is 14.3. The van der Waals surface area contributed by atoms with Crippen molar-refractivity contribution in [1.82, 2.24) is 4.90 Å². The molecular formula is C16H20Cl2N2O2. The van der Waals surface area contributed by atoms with E-state index in [1.54, 1.807) is 30.1 Å². The van der Waals surface area contributed by atoms with Crippen molar-refractivity contribution in [2.45, 2.75) is 32.6 Å². The minimum absolute atomic E-state index is 0.114. The van der Waals surface area contributed by atoms with E-state index in [2.05, 4.69) is 12.2 Å². The van der Waals surface area contributed by atoms with Gasteiger partial charge in [-0.2, -0.15) is 0 Å². The predicted molar refractivity (Wildman–Crippen MR) is 89.3 cm³/mol. The Morgan fingerprint density at radius 3 is 2.59 bits per heavy atom. The molecule has 120 valence electrons. The van der Waals surface area contributed by atoms with Crippen LogP contribution in [0.2, 0.25) is 10.0 Å². The summed E-state index contributed by atoms with van der Waals surface area (Å²) >= 11 is 12.0. The van der Waals surface area contributed by atoms with Crippen molar-refractivity contribution >= 4 is 40.7 Å². The Hall–Kier alpha value is -1.26. The van der Waals surface area contributed by atoms with Gasteiger partial charge in [-0.3, -0.25) is 9.59 Å². The lowest BCUT2D eigenvalue weighted by atomic mass is 10.0. The average molecular weight is 343 g/mol. The molecule has 2 amide bonds. The van der Waals surface area contributed by atoms with Gasteiger partial charge in [0.2, 0.25) is 11.8 Å². The third kappa shape index (κ3) is 3.55. The van der Waals surface area contributed by atoms with E-state index >= 15 is 0 Å². The van der Waals surface area contributed by atoms with Gasteiger partial charge in [0, 0.05) is 18.6 Å². The number of hydrogen-bond donors (Lipinski definition) is 1. The van der Waals surface area contributed by atoms with Gasteiger partial charge in [-0.15, -0.1) is 0 Å². The summed E-state index contributed by atoms with van der Waals surface area (Å²) in [7, 11) is 1.75. The van der Waals surface area contributed by atoms with Crippen molar-refractivity contribution in [3.05, 3.63) is 28.2 Å². The van der Waals surface area contributed by atoms with Crippen LogP contribution >= 0.6 is 23.2 Å². The number of unbranched alkanes of at least 4 members (excludes halogenated alkanes) is 1. The van der Waals surface area contributed by atoms with E-state index in [9.17, 15) is 9.59 Å². The standard InChI is InChI=1S/C16H20Cl2N2O2/c1-3-4-9-20(2)15(22)16(7-8-16)14(21)19-13-10-11(17)5-6-12(13)18/h5-6,10H,3-4,7-9H2,1-2H3,(H,19,21). The van der Waals surface area contributed by atoms with Gasteiger partial charge in [0.1, 0.15) is 5.41 Å². The summed E-state index contributed by atoms with van der Waals surface area (Å²) in [6.45, 7) is 2.74. The van der Waals surface area contributed by atoms with Crippen LogP contribution in [0.4, 0.5) is 5.69 Å². The normalized spacial score (nSPS) is 15.3. The Labute approximate surface area is 140 Å². The first-order chi connectivity index (χ1) is 10.4. The van der Waals surface area contributed by atoms with Crippen LogP contribution in [0.1, 0.15) is 32.6 Å². The minimum Gasteiger partial charge on any atom is -0.345 e. The molecule has 0 unspecified atom stereocenters. The SMILES string of the molecule is CCCCN(C)C(=O)C1(C(=O)Nc2cc(Cl)ccc2Cl)CC1. The number of hydrogen-bond acceptors (Lipinski definition) is 2. The Morgan fingerprint density at radius 2 is 2.00 bits per heavy atom. The molecule has 0 aliphatic heterocycles. The molecule has 22 heavy (non-hydrogen) atoms. The van der Waals surface area contributed by atoms with Crippen LogP contribution in [0.15, 0.2) is 18.2 Å². The minimum atomic E-state index is -0.936. The summed E-state index contributed by atoms with van der Waals surface area (Å²) in [6, 6.07) is 4.85. The van der Waals surface area contributed by atoms with Crippen LogP contribution in [-0.4, -0.2) is 30.3 Å². The van der Waals surface area contributed by atoms with E-state index in [0.717, 1.165) is 12.8 Å². The molecule has 1 aromatic rings. The molecule has 2 rings (SSSR count). The molecule has 0 spiro atoms. The zero-order chi connectivity index (χ0) is 16.3. The van der Waals surface area contributed by atoms with E-state index in [-0.39, 0.29) is 11.8 Å². The zero-order valence-electron chi connectivity index (χ0n) is 12.8. The monoisotopic (exact) mass is 342 g/mol. The van der Waals surface area contributed by atoms with Crippen molar-refractivity contribution in [3.63, 3.8) is 0 Å². The highest BCUT2D eigenvalue weighted by Gasteiger charge is 2.57. The van der Waals surface area contributed by atoms with Gasteiger partial charge in [0.25, 0.3) is 0 Å². The second-order valence-corrected chi connectivity index (χ2v) is 6.58. The number of nitrogens with one attached hydrogen (secondary N) is 1. The third-order valence-corrected chi connectivity index (χ3v) is 4.53. The van der Waals surface area contributed by atoms with Crippen LogP contribution in [0.25, 0.3) is 0 Å². The van der Waals surface area contributed by atoms with Crippen LogP contribution in [-0.2, 0) is 9.59 Å². The molecule has 0 atom stereocenters. The van der Waals surface area contributed by atoms with Crippen molar-refractivity contribution in [1.29, 1.82) is 0 Å². The number of carbonyl (C=O) groups is 2. The molecule has 1 aliphatic rings. The Morgan fingerprint density at radius 1 is 1.32 bits per heavy atom. The van der Waals surface area contributed by atoms with E-state index < -0.39 is 5.41 Å². The van der Waals surface area contributed by atoms with E-state index in [1.165, 1.54) is 0 Å². The summed E-state index contributed by atoms with van der Waals surface area (Å²) in [5.74, 6) is -0.415. The Kier molecular flexibility index (Phi) is 5.35. The molecule has 6 heteroatoms. The third-order valence-electron chi connectivity index (χ3n) is 3.96. The maximum absolute atomic E-state index is 12.5. The highest BCUT2D eigenvalue weighted by atomic mass is 35.5. The molecule has 0 saturated heterocycles. The first-order valence-electron chi connectivity index (χ1n) is 7.43. The summed E-state index contributed by atoms with van der Waals surface area (Å²) in [5, 5.41) is 3.63. The molecule has 4 nitrogen and oxygen atoms in total. The smallest absolute Gasteiger partial charge is 0.240 e. The second-order valence-electron chi connectivity index (χ2n) is 5.74. The highest BCUT2D eigenvalue weighted by Crippen LogP contribution is 2.48. The van der Waals surface area contributed by atoms with Gasteiger partial charge in [-0.1, -0.05) is 36.5 Å². The molecule has 0 radical (unpaired) electrons. The summed E-state index contributed by atoms with van der Waals surface area (Å²) in [6.07, 6.45) is 3.09. The van der Waals surface area contributed by atoms with Crippen molar-refractivity contribution in [2.24, 2.45) is 5.41 Å². The largest absolute Gasteiger partial charge is 0.345 e. The van der Waals surface area contributed by atoms with Crippen LogP contribution < -0.4 is 5.32 Å². The van der Waals surface area contributed by atoms with E-state index in [0.29, 0.717) is 35.1 Å². The van der Waals surface area contributed by atoms with E-state index in [4.69, 9.17) is 23.2 Å². The molecule has 0 aromatic heterocycles. The summed E-state index contributed by atoms with van der Waals surface area (Å²) in [4.78, 5) is 26.7. The first-order valence-corrected chi connectivity index (χ1v) is 8.18. The van der Waals surface area contributed by atoms with Crippen molar-refractivity contribution in [2.75, 3.05) is 18.9 Å². The topological polar surface area (TPSA) is 49.4 Å². The van der Waals surface area contributed by atoms with Crippen molar-refractivity contribution in [3.8, 4) is 0 Å². The van der Waals surface area contributed by atoms with Gasteiger partial charge in [0.05, 0.1) is 10.7 Å². The fourth-order valence-electron chi connectivity index (χ4n) is 2.36. The number of nitrogens with zero attached hydrogens (tertiary/aromatic N) is 1. The molecule has 0 heterocycles. The summed E-state index contributed by atoms with van der Waals surface area (Å²) < 4.78 is 0. The predicted octanol–water partition coefficient (Wildman–Crippen LogP) is 3.97. The molecule has 0 bridgehead atoms. The lowest BCUT2D eigenvalue weighted by Crippen LogP contribution is -2.41. The fraction of sp³-hybridized carbons (Fsp3) is 0.500.